The van der Waals surface area contributed by atoms with Gasteiger partial charge in [-0.1, -0.05) is 17.8 Å². The summed E-state index contributed by atoms with van der Waals surface area (Å²) in [5, 5.41) is 12.0. The van der Waals surface area contributed by atoms with Crippen LogP contribution in [0.4, 0.5) is 0 Å². The highest BCUT2D eigenvalue weighted by molar-refractivity contribution is 8.13. The minimum Gasteiger partial charge on any atom is -0.497 e. The van der Waals surface area contributed by atoms with E-state index in [1.807, 2.05) is 18.5 Å². The van der Waals surface area contributed by atoms with E-state index in [9.17, 15) is 0 Å². The quantitative estimate of drug-likeness (QED) is 0.390. The third kappa shape index (κ3) is 3.21. The maximum Gasteiger partial charge on any atom is 0.183 e. The monoisotopic (exact) mass is 275 g/mol. The van der Waals surface area contributed by atoms with Crippen LogP contribution in [0, 0.1) is 11.5 Å². The van der Waals surface area contributed by atoms with Crippen molar-refractivity contribution in [1.29, 1.82) is 5.26 Å². The molecule has 1 N–H and O–H groups in total. The highest BCUT2D eigenvalue weighted by atomic mass is 32.2. The van der Waals surface area contributed by atoms with Gasteiger partial charge >= 0.3 is 0 Å². The Morgan fingerprint density at radius 1 is 1.58 bits per heavy atom. The Kier molecular flexibility index (Phi) is 4.69. The molecule has 0 aromatic heterocycles. The van der Waals surface area contributed by atoms with Crippen LogP contribution in [0.15, 0.2) is 23.2 Å². The molecular weight excluding hydrogens is 258 g/mol. The molecule has 0 saturated heterocycles. The van der Waals surface area contributed by atoms with E-state index in [1.165, 1.54) is 22.9 Å². The van der Waals surface area contributed by atoms with Crippen molar-refractivity contribution in [1.82, 2.24) is 5.32 Å². The van der Waals surface area contributed by atoms with Crippen LogP contribution in [-0.4, -0.2) is 18.5 Å². The highest BCUT2D eigenvalue weighted by Gasteiger charge is 2.20. The lowest BCUT2D eigenvalue weighted by molar-refractivity contribution is 0.412. The zero-order valence-corrected chi connectivity index (χ0v) is 12.0. The van der Waals surface area contributed by atoms with E-state index in [0.717, 1.165) is 25.0 Å². The van der Waals surface area contributed by atoms with Crippen LogP contribution in [0.2, 0.25) is 0 Å². The van der Waals surface area contributed by atoms with Crippen LogP contribution in [-0.2, 0) is 6.42 Å². The molecule has 1 aromatic carbocycles. The van der Waals surface area contributed by atoms with Crippen LogP contribution >= 0.6 is 11.8 Å². The molecule has 1 aliphatic rings. The van der Waals surface area contributed by atoms with Crippen LogP contribution in [0.3, 0.4) is 0 Å². The number of aliphatic imine (C=N–C) groups is 1. The standard InChI is InChI=1S/C14H17N3OS/c1-18-11-7-6-10-4-3-5-13(12(10)8-11)17-14(19-2)16-9-15/h6-8,13H,3-5H2,1-2H3,(H,16,17). The molecule has 0 aliphatic heterocycles. The van der Waals surface area contributed by atoms with Crippen molar-refractivity contribution in [2.24, 2.45) is 4.99 Å². The van der Waals surface area contributed by atoms with Crippen molar-refractivity contribution in [3.8, 4) is 11.9 Å². The maximum atomic E-state index is 8.70. The zero-order valence-electron chi connectivity index (χ0n) is 11.1. The molecule has 4 nitrogen and oxygen atoms in total. The maximum absolute atomic E-state index is 8.70. The number of fused-ring (bicyclic) bond motifs is 1. The molecule has 0 amide bonds. The number of hydrogen-bond acceptors (Lipinski definition) is 4. The second-order valence-corrected chi connectivity index (χ2v) is 5.14. The van der Waals surface area contributed by atoms with E-state index >= 15 is 0 Å². The van der Waals surface area contributed by atoms with E-state index in [2.05, 4.69) is 22.4 Å². The molecule has 100 valence electrons. The van der Waals surface area contributed by atoms with Crippen molar-refractivity contribution in [3.05, 3.63) is 29.3 Å². The predicted molar refractivity (Wildman–Crippen MR) is 78.4 cm³/mol. The number of nitrogens with one attached hydrogen (secondary N) is 1. The Labute approximate surface area is 117 Å². The van der Waals surface area contributed by atoms with E-state index in [-0.39, 0.29) is 6.04 Å². The average molecular weight is 275 g/mol. The van der Waals surface area contributed by atoms with Crippen molar-refractivity contribution < 1.29 is 4.74 Å². The highest BCUT2D eigenvalue weighted by Crippen LogP contribution is 2.35. The summed E-state index contributed by atoms with van der Waals surface area (Å²) in [4.78, 5) is 4.65. The summed E-state index contributed by atoms with van der Waals surface area (Å²) in [7, 11) is 1.67. The van der Waals surface area contributed by atoms with E-state index in [0.29, 0.717) is 5.17 Å². The summed E-state index contributed by atoms with van der Waals surface area (Å²) in [6, 6.07) is 6.29. The summed E-state index contributed by atoms with van der Waals surface area (Å²) in [5.74, 6) is 0.861. The van der Waals surface area contributed by atoms with Crippen LogP contribution in [0.5, 0.6) is 5.75 Å². The van der Waals surface area contributed by atoms with E-state index in [1.54, 1.807) is 7.11 Å². The summed E-state index contributed by atoms with van der Waals surface area (Å²) in [6.07, 6.45) is 7.07. The van der Waals surface area contributed by atoms with Gasteiger partial charge in [-0.25, -0.2) is 0 Å². The average Bonchev–Trinajstić information content (AvgIpc) is 2.46. The van der Waals surface area contributed by atoms with Crippen molar-refractivity contribution >= 4 is 16.9 Å². The third-order valence-electron chi connectivity index (χ3n) is 3.26. The Bertz CT molecular complexity index is 522. The number of methoxy groups -OCH3 is 1. The van der Waals surface area contributed by atoms with Crippen LogP contribution in [0.1, 0.15) is 30.0 Å². The van der Waals surface area contributed by atoms with E-state index in [4.69, 9.17) is 10.00 Å². The Balaban J connectivity index is 2.33. The molecular formula is C14H17N3OS. The molecule has 1 atom stereocenters. The lowest BCUT2D eigenvalue weighted by Crippen LogP contribution is -2.17. The smallest absolute Gasteiger partial charge is 0.183 e. The summed E-state index contributed by atoms with van der Waals surface area (Å²) >= 11 is 1.46. The van der Waals surface area contributed by atoms with Gasteiger partial charge in [0.25, 0.3) is 0 Å². The van der Waals surface area contributed by atoms with Gasteiger partial charge in [0.05, 0.1) is 13.2 Å². The molecule has 5 heteroatoms. The number of amidine groups is 1. The lowest BCUT2D eigenvalue weighted by atomic mass is 9.88. The number of aryl methyl sites for hydroxylation is 1. The number of rotatable bonds is 2. The first kappa shape index (κ1) is 13.8. The molecule has 0 fully saturated rings. The van der Waals surface area contributed by atoms with Gasteiger partial charge in [0.15, 0.2) is 11.4 Å². The van der Waals surface area contributed by atoms with Gasteiger partial charge in [-0.05, 0) is 48.8 Å². The fourth-order valence-corrected chi connectivity index (χ4v) is 2.72. The fourth-order valence-electron chi connectivity index (χ4n) is 2.34. The topological polar surface area (TPSA) is 57.4 Å². The molecule has 1 aliphatic carbocycles. The van der Waals surface area contributed by atoms with Crippen molar-refractivity contribution in [2.45, 2.75) is 25.3 Å². The molecule has 1 aromatic rings. The SMILES string of the molecule is COc1ccc2c(c1)C(N=C(NC#N)SC)CCC2. The van der Waals surface area contributed by atoms with Crippen molar-refractivity contribution in [2.75, 3.05) is 13.4 Å². The number of nitriles is 1. The lowest BCUT2D eigenvalue weighted by Gasteiger charge is -2.23. The number of nitrogens with zero attached hydrogens (tertiary/aromatic N) is 2. The van der Waals surface area contributed by atoms with Crippen molar-refractivity contribution in [3.63, 3.8) is 0 Å². The number of ether oxygens (including phenoxy) is 1. The number of benzene rings is 1. The Morgan fingerprint density at radius 2 is 2.42 bits per heavy atom. The van der Waals surface area contributed by atoms with Gasteiger partial charge < -0.3 is 4.74 Å². The second kappa shape index (κ2) is 6.48. The van der Waals surface area contributed by atoms with Crippen LogP contribution < -0.4 is 10.1 Å². The first-order valence-corrected chi connectivity index (χ1v) is 7.44. The third-order valence-corrected chi connectivity index (χ3v) is 3.86. The predicted octanol–water partition coefficient (Wildman–Crippen LogP) is 2.86. The fraction of sp³-hybridized carbons (Fsp3) is 0.429. The van der Waals surface area contributed by atoms with Gasteiger partial charge in [0.2, 0.25) is 0 Å². The molecule has 0 heterocycles. The minimum absolute atomic E-state index is 0.113. The van der Waals surface area contributed by atoms with Crippen LogP contribution in [0.25, 0.3) is 0 Å². The number of hydrogen-bond donors (Lipinski definition) is 1. The minimum atomic E-state index is 0.113. The zero-order chi connectivity index (χ0) is 13.7. The molecule has 19 heavy (non-hydrogen) atoms. The summed E-state index contributed by atoms with van der Waals surface area (Å²) in [6.45, 7) is 0. The molecule has 0 saturated carbocycles. The normalized spacial score (nSPS) is 18.4. The van der Waals surface area contributed by atoms with Gasteiger partial charge in [0, 0.05) is 0 Å². The largest absolute Gasteiger partial charge is 0.497 e. The second-order valence-electron chi connectivity index (χ2n) is 4.35. The van der Waals surface area contributed by atoms with Gasteiger partial charge in [-0.15, -0.1) is 0 Å². The van der Waals surface area contributed by atoms with Gasteiger partial charge in [-0.3, -0.25) is 10.3 Å². The Morgan fingerprint density at radius 3 is 3.11 bits per heavy atom. The van der Waals surface area contributed by atoms with E-state index < -0.39 is 0 Å². The number of thioether (sulfide) groups is 1. The first-order valence-electron chi connectivity index (χ1n) is 6.22. The molecule has 0 spiro atoms. The summed E-state index contributed by atoms with van der Waals surface area (Å²) < 4.78 is 5.29. The van der Waals surface area contributed by atoms with Gasteiger partial charge in [0.1, 0.15) is 5.75 Å². The molecule has 0 radical (unpaired) electrons. The molecule has 2 rings (SSSR count). The molecule has 1 unspecified atom stereocenters. The summed E-state index contributed by atoms with van der Waals surface area (Å²) in [5.41, 5.74) is 2.55. The first-order chi connectivity index (χ1) is 9.28. The van der Waals surface area contributed by atoms with Gasteiger partial charge in [-0.2, -0.15) is 5.26 Å². The Hall–Kier alpha value is -1.67. The molecule has 0 bridgehead atoms.